The van der Waals surface area contributed by atoms with E-state index in [1.807, 2.05) is 23.8 Å². The highest BCUT2D eigenvalue weighted by atomic mass is 32.1. The quantitative estimate of drug-likeness (QED) is 0.496. The molecule has 0 aliphatic carbocycles. The first kappa shape index (κ1) is 17.3. The minimum absolute atomic E-state index is 0.126. The van der Waals surface area contributed by atoms with Crippen LogP contribution in [0, 0.1) is 13.8 Å². The lowest BCUT2D eigenvalue weighted by Gasteiger charge is -2.07. The summed E-state index contributed by atoms with van der Waals surface area (Å²) < 4.78 is 17.6. The maximum Gasteiger partial charge on any atom is 0.338 e. The van der Waals surface area contributed by atoms with Crippen molar-refractivity contribution < 1.29 is 23.8 Å². The van der Waals surface area contributed by atoms with Crippen LogP contribution in [0.2, 0.25) is 0 Å². The second kappa shape index (κ2) is 6.88. The first-order chi connectivity index (χ1) is 13.0. The smallest absolute Gasteiger partial charge is 0.338 e. The van der Waals surface area contributed by atoms with Crippen molar-refractivity contribution in [2.45, 2.75) is 13.8 Å². The Morgan fingerprint density at radius 1 is 1.22 bits per heavy atom. The van der Waals surface area contributed by atoms with E-state index in [-0.39, 0.29) is 19.2 Å². The maximum atomic E-state index is 12.6. The van der Waals surface area contributed by atoms with Gasteiger partial charge in [-0.05, 0) is 38.1 Å². The predicted octanol–water partition coefficient (Wildman–Crippen LogP) is 3.32. The van der Waals surface area contributed by atoms with E-state index in [0.717, 1.165) is 16.5 Å². The van der Waals surface area contributed by atoms with Crippen molar-refractivity contribution in [2.24, 2.45) is 0 Å². The molecular formula is C19H16N2O5S. The number of carbonyl (C=O) groups is 2. The number of benzene rings is 1. The number of fused-ring (bicyclic) bond motifs is 1. The molecule has 7 nitrogen and oxygen atoms in total. The van der Waals surface area contributed by atoms with Gasteiger partial charge in [0.25, 0.3) is 0 Å². The van der Waals surface area contributed by atoms with E-state index in [4.69, 9.17) is 14.2 Å². The average Bonchev–Trinajstić information content (AvgIpc) is 3.39. The Kier molecular flexibility index (Phi) is 4.41. The molecule has 0 saturated heterocycles. The summed E-state index contributed by atoms with van der Waals surface area (Å²) in [5.41, 5.74) is 2.49. The highest BCUT2D eigenvalue weighted by Gasteiger charge is 2.21. The Balaban J connectivity index is 1.47. The maximum absolute atomic E-state index is 12.6. The Morgan fingerprint density at radius 2 is 2.04 bits per heavy atom. The standard InChI is InChI=1S/C19H16N2O5S/c1-11-7-14(12(2)21(11)19-20-5-6-27-19)15(22)9-24-18(23)13-3-4-16-17(8-13)26-10-25-16/h3-8H,9-10H2,1-2H3. The normalized spacial score (nSPS) is 12.2. The number of carbonyl (C=O) groups excluding carboxylic acids is 2. The number of Topliss-reactive ketones (excluding diaryl/α,β-unsaturated/α-hetero) is 1. The molecule has 0 bridgehead atoms. The van der Waals surface area contributed by atoms with E-state index < -0.39 is 5.97 Å². The molecule has 1 aliphatic heterocycles. The number of nitrogens with zero attached hydrogens (tertiary/aromatic N) is 2. The summed E-state index contributed by atoms with van der Waals surface area (Å²) >= 11 is 1.49. The fraction of sp³-hybridized carbons (Fsp3) is 0.211. The number of ketones is 1. The zero-order valence-corrected chi connectivity index (χ0v) is 15.5. The molecule has 8 heteroatoms. The highest BCUT2D eigenvalue weighted by molar-refractivity contribution is 7.12. The van der Waals surface area contributed by atoms with Gasteiger partial charge in [-0.3, -0.25) is 9.36 Å². The summed E-state index contributed by atoms with van der Waals surface area (Å²) in [5.74, 6) is 0.218. The summed E-state index contributed by atoms with van der Waals surface area (Å²) in [6.45, 7) is 3.54. The van der Waals surface area contributed by atoms with Gasteiger partial charge in [0.2, 0.25) is 12.6 Å². The molecule has 0 spiro atoms. The van der Waals surface area contributed by atoms with Gasteiger partial charge in [0, 0.05) is 28.5 Å². The van der Waals surface area contributed by atoms with Crippen molar-refractivity contribution in [3.05, 3.63) is 58.4 Å². The Hall–Kier alpha value is -3.13. The highest BCUT2D eigenvalue weighted by Crippen LogP contribution is 2.32. The van der Waals surface area contributed by atoms with Crippen LogP contribution in [0.5, 0.6) is 11.5 Å². The second-order valence-electron chi connectivity index (χ2n) is 6.00. The van der Waals surface area contributed by atoms with Crippen LogP contribution in [0.4, 0.5) is 0 Å². The molecule has 4 rings (SSSR count). The Morgan fingerprint density at radius 3 is 2.81 bits per heavy atom. The number of thiazole rings is 1. The van der Waals surface area contributed by atoms with E-state index in [0.29, 0.717) is 22.6 Å². The summed E-state index contributed by atoms with van der Waals surface area (Å²) in [7, 11) is 0. The van der Waals surface area contributed by atoms with E-state index in [1.165, 1.54) is 11.3 Å². The van der Waals surface area contributed by atoms with E-state index in [1.54, 1.807) is 30.5 Å². The third-order valence-electron chi connectivity index (χ3n) is 4.28. The number of ether oxygens (including phenoxy) is 3. The zero-order valence-electron chi connectivity index (χ0n) is 14.7. The van der Waals surface area contributed by atoms with Gasteiger partial charge in [0.15, 0.2) is 23.2 Å². The average molecular weight is 384 g/mol. The molecule has 2 aromatic heterocycles. The minimum Gasteiger partial charge on any atom is -0.454 e. The SMILES string of the molecule is Cc1cc(C(=O)COC(=O)c2ccc3c(c2)OCO3)c(C)n1-c1nccs1. The van der Waals surface area contributed by atoms with Crippen LogP contribution in [-0.4, -0.2) is 34.7 Å². The topological polar surface area (TPSA) is 79.7 Å². The van der Waals surface area contributed by atoms with Crippen molar-refractivity contribution >= 4 is 23.1 Å². The zero-order chi connectivity index (χ0) is 19.0. The summed E-state index contributed by atoms with van der Waals surface area (Å²) in [5, 5.41) is 2.67. The van der Waals surface area contributed by atoms with Crippen molar-refractivity contribution in [3.8, 4) is 16.6 Å². The molecule has 1 aromatic carbocycles. The molecule has 27 heavy (non-hydrogen) atoms. The van der Waals surface area contributed by atoms with E-state index in [2.05, 4.69) is 4.98 Å². The molecule has 1 aliphatic rings. The molecule has 0 saturated carbocycles. The monoisotopic (exact) mass is 384 g/mol. The third kappa shape index (κ3) is 3.19. The van der Waals surface area contributed by atoms with Crippen molar-refractivity contribution in [1.29, 1.82) is 0 Å². The van der Waals surface area contributed by atoms with Gasteiger partial charge in [-0.2, -0.15) is 0 Å². The lowest BCUT2D eigenvalue weighted by Crippen LogP contribution is -2.15. The lowest BCUT2D eigenvalue weighted by molar-refractivity contribution is 0.0474. The Labute approximate surface area is 159 Å². The fourth-order valence-electron chi connectivity index (χ4n) is 2.98. The van der Waals surface area contributed by atoms with Crippen LogP contribution in [-0.2, 0) is 4.74 Å². The third-order valence-corrected chi connectivity index (χ3v) is 5.04. The number of hydrogen-bond acceptors (Lipinski definition) is 7. The molecule has 0 N–H and O–H groups in total. The van der Waals surface area contributed by atoms with Gasteiger partial charge >= 0.3 is 5.97 Å². The summed E-state index contributed by atoms with van der Waals surface area (Å²) in [6, 6.07) is 6.55. The number of hydrogen-bond donors (Lipinski definition) is 0. The van der Waals surface area contributed by atoms with Crippen LogP contribution in [0.1, 0.15) is 32.1 Å². The molecule has 3 heterocycles. The lowest BCUT2D eigenvalue weighted by atomic mass is 10.1. The van der Waals surface area contributed by atoms with Crippen LogP contribution < -0.4 is 9.47 Å². The van der Waals surface area contributed by atoms with Crippen molar-refractivity contribution in [2.75, 3.05) is 13.4 Å². The van der Waals surface area contributed by atoms with Crippen LogP contribution in [0.25, 0.3) is 5.13 Å². The summed E-state index contributed by atoms with van der Waals surface area (Å²) in [6.07, 6.45) is 1.72. The summed E-state index contributed by atoms with van der Waals surface area (Å²) in [4.78, 5) is 29.1. The van der Waals surface area contributed by atoms with Gasteiger partial charge in [-0.15, -0.1) is 11.3 Å². The van der Waals surface area contributed by atoms with E-state index >= 15 is 0 Å². The van der Waals surface area contributed by atoms with Gasteiger partial charge in [0.1, 0.15) is 0 Å². The van der Waals surface area contributed by atoms with Gasteiger partial charge in [0.05, 0.1) is 5.56 Å². The Bertz CT molecular complexity index is 1020. The van der Waals surface area contributed by atoms with Gasteiger partial charge in [-0.1, -0.05) is 0 Å². The van der Waals surface area contributed by atoms with E-state index in [9.17, 15) is 9.59 Å². The number of esters is 1. The van der Waals surface area contributed by atoms with Gasteiger partial charge in [-0.25, -0.2) is 9.78 Å². The predicted molar refractivity (Wildman–Crippen MR) is 98.1 cm³/mol. The molecule has 138 valence electrons. The number of rotatable bonds is 5. The second-order valence-corrected chi connectivity index (χ2v) is 6.88. The molecule has 3 aromatic rings. The number of aromatic nitrogens is 2. The fourth-order valence-corrected chi connectivity index (χ4v) is 3.73. The first-order valence-corrected chi connectivity index (χ1v) is 9.11. The number of aryl methyl sites for hydroxylation is 1. The molecule has 0 amide bonds. The van der Waals surface area contributed by atoms with Crippen molar-refractivity contribution in [3.63, 3.8) is 0 Å². The van der Waals surface area contributed by atoms with Gasteiger partial charge < -0.3 is 14.2 Å². The minimum atomic E-state index is -0.588. The molecule has 0 fully saturated rings. The van der Waals surface area contributed by atoms with Crippen LogP contribution in [0.3, 0.4) is 0 Å². The van der Waals surface area contributed by atoms with Crippen molar-refractivity contribution in [1.82, 2.24) is 9.55 Å². The van der Waals surface area contributed by atoms with Crippen LogP contribution in [0.15, 0.2) is 35.8 Å². The molecule has 0 radical (unpaired) electrons. The molecule has 0 unspecified atom stereocenters. The van der Waals surface area contributed by atoms with Crippen LogP contribution >= 0.6 is 11.3 Å². The largest absolute Gasteiger partial charge is 0.454 e. The first-order valence-electron chi connectivity index (χ1n) is 8.23. The molecule has 0 atom stereocenters. The molecular weight excluding hydrogens is 368 g/mol.